The van der Waals surface area contributed by atoms with Crippen LogP contribution in [0, 0.1) is 0 Å². The number of benzene rings is 2. The lowest BCUT2D eigenvalue weighted by atomic mass is 9.79. The summed E-state index contributed by atoms with van der Waals surface area (Å²) in [5, 5.41) is 10.3. The van der Waals surface area contributed by atoms with Gasteiger partial charge in [0, 0.05) is 0 Å². The van der Waals surface area contributed by atoms with Crippen molar-refractivity contribution in [3.8, 4) is 0 Å². The highest BCUT2D eigenvalue weighted by molar-refractivity contribution is 6.62. The smallest absolute Gasteiger partial charge is 0.405 e. The molecule has 3 fully saturated rings. The number of hydrogen-bond donors (Lipinski definition) is 1. The molecule has 3 aliphatic heterocycles. The van der Waals surface area contributed by atoms with Gasteiger partial charge < -0.3 is 28.5 Å². The minimum atomic E-state index is -1.04. The predicted molar refractivity (Wildman–Crippen MR) is 95.1 cm³/mol. The third-order valence-corrected chi connectivity index (χ3v) is 5.01. The monoisotopic (exact) mass is 352 g/mol. The van der Waals surface area contributed by atoms with E-state index in [2.05, 4.69) is 0 Å². The van der Waals surface area contributed by atoms with Gasteiger partial charge in [0.05, 0.1) is 12.7 Å². The van der Waals surface area contributed by atoms with E-state index in [1.165, 1.54) is 0 Å². The molecule has 2 aromatic rings. The average Bonchev–Trinajstić information content (AvgIpc) is 3.40. The Morgan fingerprint density at radius 1 is 0.731 bits per heavy atom. The van der Waals surface area contributed by atoms with Gasteiger partial charge in [-0.1, -0.05) is 60.7 Å². The SMILES string of the molecule is OC1OC(C2COB(c3ccccc3)O2)C2OB(c3ccccc3)OC12. The second kappa shape index (κ2) is 6.81. The van der Waals surface area contributed by atoms with Gasteiger partial charge in [0.25, 0.3) is 0 Å². The summed E-state index contributed by atoms with van der Waals surface area (Å²) >= 11 is 0. The van der Waals surface area contributed by atoms with Crippen molar-refractivity contribution in [3.63, 3.8) is 0 Å². The normalized spacial score (nSPS) is 33.7. The number of fused-ring (bicyclic) bond motifs is 1. The van der Waals surface area contributed by atoms with E-state index in [-0.39, 0.29) is 6.10 Å². The summed E-state index contributed by atoms with van der Waals surface area (Å²) in [7, 11) is -0.951. The van der Waals surface area contributed by atoms with Gasteiger partial charge in [0.1, 0.15) is 18.3 Å². The number of aliphatic hydroxyl groups excluding tert-OH is 1. The van der Waals surface area contributed by atoms with Crippen LogP contribution in [0.15, 0.2) is 60.7 Å². The first-order chi connectivity index (χ1) is 12.8. The van der Waals surface area contributed by atoms with Gasteiger partial charge in [-0.25, -0.2) is 0 Å². The summed E-state index contributed by atoms with van der Waals surface area (Å²) in [5.41, 5.74) is 1.87. The van der Waals surface area contributed by atoms with E-state index in [1.807, 2.05) is 60.7 Å². The molecular weight excluding hydrogens is 334 g/mol. The van der Waals surface area contributed by atoms with E-state index in [0.717, 1.165) is 10.9 Å². The van der Waals surface area contributed by atoms with Crippen LogP contribution in [0.25, 0.3) is 0 Å². The highest BCUT2D eigenvalue weighted by Crippen LogP contribution is 2.35. The van der Waals surface area contributed by atoms with Crippen LogP contribution in [0.1, 0.15) is 0 Å². The van der Waals surface area contributed by atoms with Gasteiger partial charge in [-0.3, -0.25) is 0 Å². The maximum Gasteiger partial charge on any atom is 0.494 e. The molecule has 3 aliphatic rings. The zero-order valence-corrected chi connectivity index (χ0v) is 14.0. The maximum atomic E-state index is 10.3. The molecule has 3 heterocycles. The van der Waals surface area contributed by atoms with Crippen LogP contribution in [0.5, 0.6) is 0 Å². The number of hydrogen-bond acceptors (Lipinski definition) is 6. The fourth-order valence-electron chi connectivity index (χ4n) is 3.73. The molecule has 2 aromatic carbocycles. The Morgan fingerprint density at radius 2 is 1.35 bits per heavy atom. The van der Waals surface area contributed by atoms with Crippen LogP contribution >= 0.6 is 0 Å². The van der Waals surface area contributed by atoms with E-state index in [1.54, 1.807) is 0 Å². The molecule has 5 unspecified atom stereocenters. The summed E-state index contributed by atoms with van der Waals surface area (Å²) in [5.74, 6) is 0. The number of ether oxygens (including phenoxy) is 1. The largest absolute Gasteiger partial charge is 0.494 e. The predicted octanol–water partition coefficient (Wildman–Crippen LogP) is -0.306. The van der Waals surface area contributed by atoms with Gasteiger partial charge in [-0.2, -0.15) is 0 Å². The van der Waals surface area contributed by atoms with Crippen molar-refractivity contribution >= 4 is 25.2 Å². The first kappa shape index (κ1) is 16.5. The third kappa shape index (κ3) is 2.89. The van der Waals surface area contributed by atoms with Gasteiger partial charge in [0.2, 0.25) is 0 Å². The van der Waals surface area contributed by atoms with Crippen LogP contribution in [-0.2, 0) is 23.4 Å². The molecule has 8 heteroatoms. The van der Waals surface area contributed by atoms with Crippen molar-refractivity contribution in [2.45, 2.75) is 30.7 Å². The lowest BCUT2D eigenvalue weighted by molar-refractivity contribution is -0.142. The Kier molecular flexibility index (Phi) is 4.32. The van der Waals surface area contributed by atoms with Gasteiger partial charge in [-0.05, 0) is 10.9 Å². The summed E-state index contributed by atoms with van der Waals surface area (Å²) in [4.78, 5) is 0. The van der Waals surface area contributed by atoms with Crippen LogP contribution in [-0.4, -0.2) is 56.7 Å². The summed E-state index contributed by atoms with van der Waals surface area (Å²) in [6.45, 7) is 0.375. The van der Waals surface area contributed by atoms with E-state index in [4.69, 9.17) is 23.4 Å². The molecule has 0 amide bonds. The van der Waals surface area contributed by atoms with Gasteiger partial charge in [-0.15, -0.1) is 0 Å². The van der Waals surface area contributed by atoms with Crippen LogP contribution in [0.3, 0.4) is 0 Å². The average molecular weight is 352 g/mol. The lowest BCUT2D eigenvalue weighted by Gasteiger charge is -2.22. The molecular formula is C18H18B2O6. The van der Waals surface area contributed by atoms with Crippen LogP contribution in [0.4, 0.5) is 0 Å². The van der Waals surface area contributed by atoms with E-state index in [0.29, 0.717) is 6.61 Å². The Hall–Kier alpha value is -1.67. The van der Waals surface area contributed by atoms with Crippen molar-refractivity contribution in [1.29, 1.82) is 0 Å². The molecule has 3 saturated heterocycles. The number of rotatable bonds is 3. The summed E-state index contributed by atoms with van der Waals surface area (Å²) in [6.07, 6.45) is -2.76. The highest BCUT2D eigenvalue weighted by atomic mass is 16.7. The summed E-state index contributed by atoms with van der Waals surface area (Å²) < 4.78 is 29.5. The molecule has 132 valence electrons. The molecule has 6 nitrogen and oxygen atoms in total. The first-order valence-electron chi connectivity index (χ1n) is 8.81. The van der Waals surface area contributed by atoms with Crippen molar-refractivity contribution < 1.29 is 28.5 Å². The van der Waals surface area contributed by atoms with E-state index < -0.39 is 38.8 Å². The van der Waals surface area contributed by atoms with Crippen molar-refractivity contribution in [1.82, 2.24) is 0 Å². The molecule has 0 bridgehead atoms. The van der Waals surface area contributed by atoms with Crippen molar-refractivity contribution in [2.24, 2.45) is 0 Å². The summed E-state index contributed by atoms with van der Waals surface area (Å²) in [6, 6.07) is 19.4. The Balaban J connectivity index is 1.30. The molecule has 0 aromatic heterocycles. The molecule has 1 N–H and O–H groups in total. The fourth-order valence-corrected chi connectivity index (χ4v) is 3.73. The maximum absolute atomic E-state index is 10.3. The molecule has 0 saturated carbocycles. The third-order valence-electron chi connectivity index (χ3n) is 5.01. The Labute approximate surface area is 152 Å². The standard InChI is InChI=1S/C18H18B2O6/c21-18-17-16(25-20(26-17)13-9-5-2-6-10-13)15(23-18)14-11-22-19(24-14)12-7-3-1-4-8-12/h1-10,14-18,21H,11H2. The second-order valence-electron chi connectivity index (χ2n) is 6.69. The van der Waals surface area contributed by atoms with E-state index >= 15 is 0 Å². The fraction of sp³-hybridized carbons (Fsp3) is 0.333. The van der Waals surface area contributed by atoms with Crippen molar-refractivity contribution in [3.05, 3.63) is 60.7 Å². The molecule has 0 spiro atoms. The molecule has 5 rings (SSSR count). The second-order valence-corrected chi connectivity index (χ2v) is 6.69. The minimum absolute atomic E-state index is 0.331. The van der Waals surface area contributed by atoms with E-state index in [9.17, 15) is 5.11 Å². The molecule has 26 heavy (non-hydrogen) atoms. The molecule has 0 radical (unpaired) electrons. The highest BCUT2D eigenvalue weighted by Gasteiger charge is 2.57. The van der Waals surface area contributed by atoms with Crippen LogP contribution in [0.2, 0.25) is 0 Å². The first-order valence-corrected chi connectivity index (χ1v) is 8.81. The Morgan fingerprint density at radius 3 is 2.04 bits per heavy atom. The Bertz CT molecular complexity index is 748. The molecule has 0 aliphatic carbocycles. The zero-order valence-electron chi connectivity index (χ0n) is 14.0. The van der Waals surface area contributed by atoms with Crippen molar-refractivity contribution in [2.75, 3.05) is 6.61 Å². The zero-order chi connectivity index (χ0) is 17.5. The minimum Gasteiger partial charge on any atom is -0.405 e. The van der Waals surface area contributed by atoms with Gasteiger partial charge in [0.15, 0.2) is 6.29 Å². The van der Waals surface area contributed by atoms with Gasteiger partial charge >= 0.3 is 14.2 Å². The molecule has 5 atom stereocenters. The lowest BCUT2D eigenvalue weighted by Crippen LogP contribution is -2.42. The quantitative estimate of drug-likeness (QED) is 0.765. The topological polar surface area (TPSA) is 66.4 Å². The van der Waals surface area contributed by atoms with Crippen LogP contribution < -0.4 is 10.9 Å². The number of aliphatic hydroxyl groups is 1.